The molecular weight excluding hydrogens is 342 g/mol. The number of carbonyl (C=O) groups is 2. The first kappa shape index (κ1) is 17.1. The highest BCUT2D eigenvalue weighted by Gasteiger charge is 2.16. The second-order valence-corrected chi connectivity index (χ2v) is 6.83. The molecule has 5 nitrogen and oxygen atoms in total. The van der Waals surface area contributed by atoms with E-state index in [0.29, 0.717) is 11.4 Å². The van der Waals surface area contributed by atoms with Gasteiger partial charge < -0.3 is 15.5 Å². The predicted molar refractivity (Wildman–Crippen MR) is 85.1 cm³/mol. The lowest BCUT2D eigenvalue weighted by atomic mass is 10.4. The molecule has 0 saturated carbocycles. The lowest BCUT2D eigenvalue weighted by Gasteiger charge is -2.15. The number of halogens is 1. The molecule has 0 unspecified atom stereocenters. The summed E-state index contributed by atoms with van der Waals surface area (Å²) in [6.07, 6.45) is 1.07. The molecule has 1 heterocycles. The Bertz CT molecular complexity index is 451. The molecule has 2 N–H and O–H groups in total. The van der Waals surface area contributed by atoms with Crippen LogP contribution >= 0.6 is 27.3 Å². The SMILES string of the molecule is CCCNCCNC(=O)CN(C)C(=O)c1ccc(Br)s1. The molecule has 1 aromatic heterocycles. The zero-order chi connectivity index (χ0) is 15.0. The Balaban J connectivity index is 2.29. The van der Waals surface area contributed by atoms with Crippen LogP contribution in [0, 0.1) is 0 Å². The van der Waals surface area contributed by atoms with E-state index in [9.17, 15) is 9.59 Å². The summed E-state index contributed by atoms with van der Waals surface area (Å²) in [4.78, 5) is 25.8. The number of nitrogens with zero attached hydrogens (tertiary/aromatic N) is 1. The van der Waals surface area contributed by atoms with Crippen molar-refractivity contribution < 1.29 is 9.59 Å². The Morgan fingerprint density at radius 3 is 2.65 bits per heavy atom. The topological polar surface area (TPSA) is 61.4 Å². The second kappa shape index (κ2) is 9.10. The van der Waals surface area contributed by atoms with E-state index in [2.05, 4.69) is 33.5 Å². The standard InChI is InChI=1S/C13H20BrN3O2S/c1-3-6-15-7-8-16-12(18)9-17(2)13(19)10-4-5-11(14)20-10/h4-5,15H,3,6-9H2,1-2H3,(H,16,18). The summed E-state index contributed by atoms with van der Waals surface area (Å²) in [7, 11) is 1.63. The smallest absolute Gasteiger partial charge is 0.264 e. The molecule has 20 heavy (non-hydrogen) atoms. The van der Waals surface area contributed by atoms with E-state index in [4.69, 9.17) is 0 Å². The van der Waals surface area contributed by atoms with E-state index in [-0.39, 0.29) is 18.4 Å². The summed E-state index contributed by atoms with van der Waals surface area (Å²) in [5.41, 5.74) is 0. The van der Waals surface area contributed by atoms with Crippen LogP contribution < -0.4 is 10.6 Å². The number of thiophene rings is 1. The fourth-order valence-electron chi connectivity index (χ4n) is 1.55. The first-order valence-electron chi connectivity index (χ1n) is 6.52. The van der Waals surface area contributed by atoms with Gasteiger partial charge in [-0.2, -0.15) is 0 Å². The van der Waals surface area contributed by atoms with Crippen molar-refractivity contribution in [3.05, 3.63) is 20.8 Å². The molecule has 1 rings (SSSR count). The first-order chi connectivity index (χ1) is 9.54. The third-order valence-corrected chi connectivity index (χ3v) is 4.17. The fourth-order valence-corrected chi connectivity index (χ4v) is 2.93. The number of carbonyl (C=O) groups excluding carboxylic acids is 2. The zero-order valence-electron chi connectivity index (χ0n) is 11.7. The van der Waals surface area contributed by atoms with Crippen LogP contribution in [-0.4, -0.2) is 49.9 Å². The highest BCUT2D eigenvalue weighted by molar-refractivity contribution is 9.11. The van der Waals surface area contributed by atoms with E-state index in [1.54, 1.807) is 13.1 Å². The maximum absolute atomic E-state index is 12.0. The first-order valence-corrected chi connectivity index (χ1v) is 8.13. The van der Waals surface area contributed by atoms with Gasteiger partial charge in [0.15, 0.2) is 0 Å². The van der Waals surface area contributed by atoms with Crippen LogP contribution in [0.2, 0.25) is 0 Å². The van der Waals surface area contributed by atoms with Gasteiger partial charge >= 0.3 is 0 Å². The summed E-state index contributed by atoms with van der Waals surface area (Å²) in [5.74, 6) is -0.283. The maximum atomic E-state index is 12.0. The van der Waals surface area contributed by atoms with Gasteiger partial charge in [0.05, 0.1) is 15.2 Å². The Kier molecular flexibility index (Phi) is 7.79. The minimum absolute atomic E-state index is 0.0716. The molecule has 0 atom stereocenters. The number of hydrogen-bond acceptors (Lipinski definition) is 4. The van der Waals surface area contributed by atoms with Crippen molar-refractivity contribution in [2.45, 2.75) is 13.3 Å². The van der Waals surface area contributed by atoms with Crippen molar-refractivity contribution in [1.82, 2.24) is 15.5 Å². The van der Waals surface area contributed by atoms with Crippen LogP contribution in [0.4, 0.5) is 0 Å². The lowest BCUT2D eigenvalue weighted by molar-refractivity contribution is -0.121. The number of nitrogens with one attached hydrogen (secondary N) is 2. The third kappa shape index (κ3) is 6.02. The quantitative estimate of drug-likeness (QED) is 0.692. The molecular formula is C13H20BrN3O2S. The van der Waals surface area contributed by atoms with E-state index >= 15 is 0 Å². The molecule has 0 aliphatic heterocycles. The molecule has 1 aromatic rings. The highest BCUT2D eigenvalue weighted by atomic mass is 79.9. The van der Waals surface area contributed by atoms with Crippen LogP contribution in [0.25, 0.3) is 0 Å². The average Bonchev–Trinajstić information content (AvgIpc) is 2.84. The van der Waals surface area contributed by atoms with Gasteiger partial charge in [-0.15, -0.1) is 11.3 Å². The largest absolute Gasteiger partial charge is 0.353 e. The molecule has 0 radical (unpaired) electrons. The van der Waals surface area contributed by atoms with Crippen molar-refractivity contribution >= 4 is 39.1 Å². The van der Waals surface area contributed by atoms with Crippen molar-refractivity contribution in [1.29, 1.82) is 0 Å². The van der Waals surface area contributed by atoms with Crippen LogP contribution in [0.1, 0.15) is 23.0 Å². The fraction of sp³-hybridized carbons (Fsp3) is 0.538. The van der Waals surface area contributed by atoms with Crippen LogP contribution in [0.3, 0.4) is 0 Å². The van der Waals surface area contributed by atoms with Gasteiger partial charge in [0.2, 0.25) is 5.91 Å². The maximum Gasteiger partial charge on any atom is 0.264 e. The van der Waals surface area contributed by atoms with E-state index in [1.807, 2.05) is 6.07 Å². The normalized spacial score (nSPS) is 10.3. The number of hydrogen-bond donors (Lipinski definition) is 2. The lowest BCUT2D eigenvalue weighted by Crippen LogP contribution is -2.40. The van der Waals surface area contributed by atoms with Crippen LogP contribution in [-0.2, 0) is 4.79 Å². The van der Waals surface area contributed by atoms with E-state index < -0.39 is 0 Å². The molecule has 2 amide bonds. The summed E-state index contributed by atoms with van der Waals surface area (Å²) >= 11 is 4.68. The second-order valence-electron chi connectivity index (χ2n) is 4.36. The van der Waals surface area contributed by atoms with Crippen LogP contribution in [0.5, 0.6) is 0 Å². The van der Waals surface area contributed by atoms with Crippen molar-refractivity contribution in [2.24, 2.45) is 0 Å². The van der Waals surface area contributed by atoms with E-state index in [1.165, 1.54) is 16.2 Å². The minimum atomic E-state index is -0.144. The van der Waals surface area contributed by atoms with Crippen molar-refractivity contribution in [3.8, 4) is 0 Å². The molecule has 7 heteroatoms. The number of likely N-dealkylation sites (N-methyl/N-ethyl adjacent to an activating group) is 1. The monoisotopic (exact) mass is 361 g/mol. The van der Waals surface area contributed by atoms with Crippen molar-refractivity contribution in [3.63, 3.8) is 0 Å². The molecule has 0 aliphatic carbocycles. The molecule has 0 fully saturated rings. The summed E-state index contributed by atoms with van der Waals surface area (Å²) in [5, 5.41) is 5.98. The Morgan fingerprint density at radius 1 is 1.30 bits per heavy atom. The molecule has 0 aliphatic rings. The predicted octanol–water partition coefficient (Wildman–Crippen LogP) is 1.70. The average molecular weight is 362 g/mol. The van der Waals surface area contributed by atoms with Crippen LogP contribution in [0.15, 0.2) is 15.9 Å². The molecule has 0 saturated heterocycles. The van der Waals surface area contributed by atoms with Crippen molar-refractivity contribution in [2.75, 3.05) is 33.2 Å². The van der Waals surface area contributed by atoms with E-state index in [0.717, 1.165) is 23.3 Å². The van der Waals surface area contributed by atoms with Gasteiger partial charge in [-0.05, 0) is 41.0 Å². The summed E-state index contributed by atoms with van der Waals surface area (Å²) in [6.45, 7) is 4.43. The zero-order valence-corrected chi connectivity index (χ0v) is 14.1. The van der Waals surface area contributed by atoms with Gasteiger partial charge in [-0.1, -0.05) is 6.92 Å². The number of rotatable bonds is 8. The minimum Gasteiger partial charge on any atom is -0.353 e. The van der Waals surface area contributed by atoms with Gasteiger partial charge in [-0.3, -0.25) is 9.59 Å². The Labute approximate surface area is 131 Å². The molecule has 0 spiro atoms. The highest BCUT2D eigenvalue weighted by Crippen LogP contribution is 2.22. The molecule has 0 bridgehead atoms. The summed E-state index contributed by atoms with van der Waals surface area (Å²) in [6, 6.07) is 3.57. The number of amides is 2. The molecule has 112 valence electrons. The Hall–Kier alpha value is -0.920. The summed E-state index contributed by atoms with van der Waals surface area (Å²) < 4.78 is 0.903. The third-order valence-electron chi connectivity index (χ3n) is 2.56. The van der Waals surface area contributed by atoms with Gasteiger partial charge in [-0.25, -0.2) is 0 Å². The van der Waals surface area contributed by atoms with Gasteiger partial charge in [0, 0.05) is 20.1 Å². The van der Waals surface area contributed by atoms with Gasteiger partial charge in [0.25, 0.3) is 5.91 Å². The molecule has 0 aromatic carbocycles. The Morgan fingerprint density at radius 2 is 2.05 bits per heavy atom. The van der Waals surface area contributed by atoms with Gasteiger partial charge in [0.1, 0.15) is 0 Å².